The molecule has 21 heavy (non-hydrogen) atoms. The normalized spacial score (nSPS) is 52.7. The molecular weight excluding hydrogens is 260 g/mol. The molecule has 116 valence electrons. The second-order valence-corrected chi connectivity index (χ2v) is 8.58. The summed E-state index contributed by atoms with van der Waals surface area (Å²) in [4.78, 5) is 12.3. The number of aliphatic hydroxyl groups excluding tert-OH is 1. The molecule has 0 aliphatic heterocycles. The molecule has 3 fully saturated rings. The predicted octanol–water partition coefficient (Wildman–Crippen LogP) is 3.88. The van der Waals surface area contributed by atoms with E-state index in [4.69, 9.17) is 0 Å². The summed E-state index contributed by atoms with van der Waals surface area (Å²) in [5, 5.41) is 10.0. The number of fused-ring (bicyclic) bond motifs is 5. The van der Waals surface area contributed by atoms with Gasteiger partial charge in [-0.2, -0.15) is 0 Å². The van der Waals surface area contributed by atoms with Gasteiger partial charge in [0.05, 0.1) is 6.10 Å². The summed E-state index contributed by atoms with van der Waals surface area (Å²) >= 11 is 0. The summed E-state index contributed by atoms with van der Waals surface area (Å²) < 4.78 is 0. The fourth-order valence-electron chi connectivity index (χ4n) is 6.29. The van der Waals surface area contributed by atoms with E-state index in [-0.39, 0.29) is 11.5 Å². The zero-order valence-electron chi connectivity index (χ0n) is 13.4. The van der Waals surface area contributed by atoms with Crippen LogP contribution in [-0.2, 0) is 4.79 Å². The lowest BCUT2D eigenvalue weighted by atomic mass is 9.49. The summed E-state index contributed by atoms with van der Waals surface area (Å²) in [5.41, 5.74) is 1.91. The minimum atomic E-state index is -0.0814. The van der Waals surface area contributed by atoms with Crippen molar-refractivity contribution in [3.63, 3.8) is 0 Å². The number of hydrogen-bond acceptors (Lipinski definition) is 2. The third-order valence-corrected chi connectivity index (χ3v) is 7.71. The largest absolute Gasteiger partial charge is 0.393 e. The van der Waals surface area contributed by atoms with E-state index in [1.54, 1.807) is 5.57 Å². The molecule has 6 atom stereocenters. The van der Waals surface area contributed by atoms with Crippen molar-refractivity contribution in [3.05, 3.63) is 11.6 Å². The van der Waals surface area contributed by atoms with Gasteiger partial charge in [-0.3, -0.25) is 4.79 Å². The van der Waals surface area contributed by atoms with Crippen molar-refractivity contribution >= 4 is 5.78 Å². The molecule has 0 heterocycles. The third-order valence-electron chi connectivity index (χ3n) is 7.71. The number of Topliss-reactive ketones (excluding diaryl/α,β-unsaturated/α-hetero) is 1. The van der Waals surface area contributed by atoms with Gasteiger partial charge in [-0.05, 0) is 68.1 Å². The zero-order chi connectivity index (χ0) is 14.8. The van der Waals surface area contributed by atoms with Crippen molar-refractivity contribution in [2.45, 2.75) is 71.3 Å². The molecule has 4 aliphatic rings. The Balaban J connectivity index is 1.71. The molecule has 2 heteroatoms. The zero-order valence-corrected chi connectivity index (χ0v) is 13.4. The second-order valence-electron chi connectivity index (χ2n) is 8.58. The topological polar surface area (TPSA) is 37.3 Å². The van der Waals surface area contributed by atoms with Crippen molar-refractivity contribution in [1.29, 1.82) is 0 Å². The minimum absolute atomic E-state index is 0.0639. The lowest BCUT2D eigenvalue weighted by molar-refractivity contribution is -0.127. The van der Waals surface area contributed by atoms with Crippen LogP contribution in [-0.4, -0.2) is 17.0 Å². The Morgan fingerprint density at radius 2 is 1.95 bits per heavy atom. The van der Waals surface area contributed by atoms with Crippen LogP contribution in [0, 0.1) is 28.6 Å². The average molecular weight is 288 g/mol. The third kappa shape index (κ3) is 1.78. The van der Waals surface area contributed by atoms with E-state index in [0.717, 1.165) is 38.5 Å². The van der Waals surface area contributed by atoms with Crippen LogP contribution < -0.4 is 0 Å². The predicted molar refractivity (Wildman–Crippen MR) is 82.7 cm³/mol. The van der Waals surface area contributed by atoms with E-state index in [2.05, 4.69) is 19.9 Å². The van der Waals surface area contributed by atoms with Gasteiger partial charge in [0.2, 0.25) is 0 Å². The van der Waals surface area contributed by atoms with Gasteiger partial charge in [-0.1, -0.05) is 25.5 Å². The number of carbonyl (C=O) groups excluding carboxylic acids is 1. The first-order valence-electron chi connectivity index (χ1n) is 8.87. The quantitative estimate of drug-likeness (QED) is 0.687. The Hall–Kier alpha value is -0.630. The lowest BCUT2D eigenvalue weighted by Crippen LogP contribution is -2.48. The van der Waals surface area contributed by atoms with E-state index in [1.165, 1.54) is 12.8 Å². The molecule has 1 N–H and O–H groups in total. The molecule has 4 unspecified atom stereocenters. The summed E-state index contributed by atoms with van der Waals surface area (Å²) in [7, 11) is 0. The summed E-state index contributed by atoms with van der Waals surface area (Å²) in [6.45, 7) is 4.67. The summed E-state index contributed by atoms with van der Waals surface area (Å²) in [6.07, 6.45) is 10.8. The van der Waals surface area contributed by atoms with Gasteiger partial charge in [0, 0.05) is 11.8 Å². The Bertz CT molecular complexity index is 508. The fraction of sp³-hybridized carbons (Fsp3) is 0.842. The number of allylic oxidation sites excluding steroid dienone is 2. The van der Waals surface area contributed by atoms with Crippen LogP contribution in [0.15, 0.2) is 11.6 Å². The number of hydrogen-bond donors (Lipinski definition) is 1. The van der Waals surface area contributed by atoms with E-state index < -0.39 is 0 Å². The molecule has 0 saturated heterocycles. The molecule has 0 aromatic carbocycles. The molecule has 0 aromatic rings. The van der Waals surface area contributed by atoms with Crippen molar-refractivity contribution in [2.24, 2.45) is 28.6 Å². The number of rotatable bonds is 0. The van der Waals surface area contributed by atoms with Crippen molar-refractivity contribution in [3.8, 4) is 0 Å². The highest BCUT2D eigenvalue weighted by Gasteiger charge is 2.56. The standard InChI is InChI=1S/C19H28O2/c1-18-9-7-13(20)11-12(18)3-4-14-15-5-6-17(21)19(15,2)10-8-16(14)18/h8,12-15,20H,3-7,9-11H2,1-2H3/t12?,13?,14?,15?,18-,19-/m0/s1. The van der Waals surface area contributed by atoms with Gasteiger partial charge in [0.15, 0.2) is 0 Å². The molecule has 4 aliphatic carbocycles. The highest BCUT2D eigenvalue weighted by atomic mass is 16.3. The summed E-state index contributed by atoms with van der Waals surface area (Å²) in [6, 6.07) is 0. The molecule has 0 spiro atoms. The number of carbonyl (C=O) groups is 1. The van der Waals surface area contributed by atoms with Gasteiger partial charge in [-0.25, -0.2) is 0 Å². The maximum atomic E-state index is 12.3. The minimum Gasteiger partial charge on any atom is -0.393 e. The molecule has 2 nitrogen and oxygen atoms in total. The van der Waals surface area contributed by atoms with Crippen molar-refractivity contribution < 1.29 is 9.90 Å². The van der Waals surface area contributed by atoms with Gasteiger partial charge >= 0.3 is 0 Å². The Morgan fingerprint density at radius 3 is 2.76 bits per heavy atom. The maximum Gasteiger partial charge on any atom is 0.139 e. The van der Waals surface area contributed by atoms with E-state index >= 15 is 0 Å². The maximum absolute atomic E-state index is 12.3. The number of aliphatic hydroxyl groups is 1. The Kier molecular flexibility index (Phi) is 2.96. The van der Waals surface area contributed by atoms with Gasteiger partial charge in [0.1, 0.15) is 5.78 Å². The van der Waals surface area contributed by atoms with E-state index in [9.17, 15) is 9.90 Å². The molecule has 0 radical (unpaired) electrons. The highest BCUT2D eigenvalue weighted by Crippen LogP contribution is 2.63. The SMILES string of the molecule is C[C@]12CCC(O)CC1CCC1C2=CC[C@]2(C)C(=O)CCC12. The molecule has 4 rings (SSSR count). The first kappa shape index (κ1) is 14.0. The van der Waals surface area contributed by atoms with Gasteiger partial charge in [-0.15, -0.1) is 0 Å². The van der Waals surface area contributed by atoms with Crippen LogP contribution in [0.1, 0.15) is 65.2 Å². The average Bonchev–Trinajstić information content (AvgIpc) is 2.76. The molecule has 3 saturated carbocycles. The van der Waals surface area contributed by atoms with Crippen LogP contribution in [0.5, 0.6) is 0 Å². The Morgan fingerprint density at radius 1 is 1.14 bits per heavy atom. The van der Waals surface area contributed by atoms with Crippen molar-refractivity contribution in [2.75, 3.05) is 0 Å². The van der Waals surface area contributed by atoms with Crippen LogP contribution in [0.25, 0.3) is 0 Å². The smallest absolute Gasteiger partial charge is 0.139 e. The van der Waals surface area contributed by atoms with Crippen LogP contribution in [0.3, 0.4) is 0 Å². The van der Waals surface area contributed by atoms with Crippen LogP contribution in [0.4, 0.5) is 0 Å². The molecule has 0 aromatic heterocycles. The molecule has 0 bridgehead atoms. The number of ketones is 1. The molecule has 0 amide bonds. The first-order chi connectivity index (χ1) is 9.95. The van der Waals surface area contributed by atoms with Gasteiger partial charge in [0.25, 0.3) is 0 Å². The Labute approximate surface area is 128 Å². The van der Waals surface area contributed by atoms with Crippen molar-refractivity contribution in [1.82, 2.24) is 0 Å². The van der Waals surface area contributed by atoms with Gasteiger partial charge < -0.3 is 5.11 Å². The first-order valence-corrected chi connectivity index (χ1v) is 8.87. The van der Waals surface area contributed by atoms with Crippen LogP contribution in [0.2, 0.25) is 0 Å². The molecular formula is C19H28O2. The highest BCUT2D eigenvalue weighted by molar-refractivity contribution is 5.87. The monoisotopic (exact) mass is 288 g/mol. The lowest BCUT2D eigenvalue weighted by Gasteiger charge is -2.55. The summed E-state index contributed by atoms with van der Waals surface area (Å²) in [5.74, 6) is 2.40. The van der Waals surface area contributed by atoms with E-state index in [0.29, 0.717) is 29.0 Å². The fourth-order valence-corrected chi connectivity index (χ4v) is 6.29. The second kappa shape index (κ2) is 4.44. The van der Waals surface area contributed by atoms with Crippen LogP contribution >= 0.6 is 0 Å². The van der Waals surface area contributed by atoms with E-state index in [1.807, 2.05) is 0 Å².